The predicted octanol–water partition coefficient (Wildman–Crippen LogP) is 1.95. The van der Waals surface area contributed by atoms with Crippen molar-refractivity contribution in [2.45, 2.75) is 26.2 Å². The number of nitrogens with zero attached hydrogens (tertiary/aromatic N) is 2. The fraction of sp³-hybridized carbons (Fsp3) is 0.667. The fourth-order valence-electron chi connectivity index (χ4n) is 2.66. The smallest absolute Gasteiger partial charge is 0.0300 e. The lowest BCUT2D eigenvalue weighted by molar-refractivity contribution is 0.218. The SMILES string of the molecule is CCN(CCc1cccnc1)CC1CCCNC1. The van der Waals surface area contributed by atoms with Crippen LogP contribution < -0.4 is 5.32 Å². The van der Waals surface area contributed by atoms with Gasteiger partial charge in [-0.25, -0.2) is 0 Å². The zero-order valence-electron chi connectivity index (χ0n) is 11.4. The van der Waals surface area contributed by atoms with E-state index in [-0.39, 0.29) is 0 Å². The van der Waals surface area contributed by atoms with Crippen molar-refractivity contribution in [2.24, 2.45) is 5.92 Å². The molecule has 0 amide bonds. The van der Waals surface area contributed by atoms with Crippen LogP contribution in [0, 0.1) is 5.92 Å². The average molecular weight is 247 g/mol. The Morgan fingerprint density at radius 1 is 1.50 bits per heavy atom. The van der Waals surface area contributed by atoms with Crippen molar-refractivity contribution in [2.75, 3.05) is 32.7 Å². The quantitative estimate of drug-likeness (QED) is 0.833. The second kappa shape index (κ2) is 7.49. The molecule has 1 N–H and O–H groups in total. The van der Waals surface area contributed by atoms with Gasteiger partial charge in [0, 0.05) is 25.5 Å². The predicted molar refractivity (Wildman–Crippen MR) is 75.6 cm³/mol. The van der Waals surface area contributed by atoms with Crippen LogP contribution in [0.5, 0.6) is 0 Å². The fourth-order valence-corrected chi connectivity index (χ4v) is 2.66. The first-order valence-corrected chi connectivity index (χ1v) is 7.20. The first-order chi connectivity index (χ1) is 8.88. The number of piperidine rings is 1. The molecule has 2 heterocycles. The molecule has 100 valence electrons. The monoisotopic (exact) mass is 247 g/mol. The molecule has 0 bridgehead atoms. The van der Waals surface area contributed by atoms with Gasteiger partial charge >= 0.3 is 0 Å². The number of hydrogen-bond acceptors (Lipinski definition) is 3. The van der Waals surface area contributed by atoms with E-state index in [1.807, 2.05) is 18.5 Å². The van der Waals surface area contributed by atoms with E-state index >= 15 is 0 Å². The summed E-state index contributed by atoms with van der Waals surface area (Å²) in [6.07, 6.45) is 7.66. The lowest BCUT2D eigenvalue weighted by atomic mass is 9.99. The van der Waals surface area contributed by atoms with Gasteiger partial charge in [0.2, 0.25) is 0 Å². The third kappa shape index (κ3) is 4.39. The average Bonchev–Trinajstić information content (AvgIpc) is 2.45. The molecule has 18 heavy (non-hydrogen) atoms. The van der Waals surface area contributed by atoms with Crippen LogP contribution in [0.1, 0.15) is 25.3 Å². The zero-order valence-corrected chi connectivity index (χ0v) is 11.4. The number of hydrogen-bond donors (Lipinski definition) is 1. The Kier molecular flexibility index (Phi) is 5.62. The Morgan fingerprint density at radius 3 is 3.11 bits per heavy atom. The van der Waals surface area contributed by atoms with E-state index in [1.54, 1.807) is 0 Å². The van der Waals surface area contributed by atoms with Gasteiger partial charge in [-0.2, -0.15) is 0 Å². The van der Waals surface area contributed by atoms with Crippen LogP contribution in [-0.4, -0.2) is 42.6 Å². The third-order valence-corrected chi connectivity index (χ3v) is 3.80. The maximum Gasteiger partial charge on any atom is 0.0300 e. The minimum atomic E-state index is 0.840. The Balaban J connectivity index is 1.74. The summed E-state index contributed by atoms with van der Waals surface area (Å²) in [5.74, 6) is 0.840. The maximum absolute atomic E-state index is 4.18. The van der Waals surface area contributed by atoms with Crippen LogP contribution >= 0.6 is 0 Å². The Morgan fingerprint density at radius 2 is 2.44 bits per heavy atom. The van der Waals surface area contributed by atoms with Crippen molar-refractivity contribution >= 4 is 0 Å². The second-order valence-electron chi connectivity index (χ2n) is 5.22. The molecule has 1 unspecified atom stereocenters. The van der Waals surface area contributed by atoms with E-state index in [1.165, 1.54) is 38.0 Å². The van der Waals surface area contributed by atoms with Crippen LogP contribution in [0.2, 0.25) is 0 Å². The van der Waals surface area contributed by atoms with Crippen molar-refractivity contribution in [3.63, 3.8) is 0 Å². The van der Waals surface area contributed by atoms with Crippen LogP contribution in [0.3, 0.4) is 0 Å². The van der Waals surface area contributed by atoms with Gasteiger partial charge < -0.3 is 10.2 Å². The summed E-state index contributed by atoms with van der Waals surface area (Å²) < 4.78 is 0. The minimum Gasteiger partial charge on any atom is -0.316 e. The Bertz CT molecular complexity index is 320. The first kappa shape index (κ1) is 13.5. The molecule has 1 aliphatic rings. The first-order valence-electron chi connectivity index (χ1n) is 7.20. The van der Waals surface area contributed by atoms with E-state index in [4.69, 9.17) is 0 Å². The molecule has 1 saturated heterocycles. The summed E-state index contributed by atoms with van der Waals surface area (Å²) >= 11 is 0. The summed E-state index contributed by atoms with van der Waals surface area (Å²) in [7, 11) is 0. The van der Waals surface area contributed by atoms with E-state index in [0.717, 1.165) is 25.4 Å². The molecule has 1 aromatic heterocycles. The topological polar surface area (TPSA) is 28.2 Å². The standard InChI is InChI=1S/C15H25N3/c1-2-18(13-15-6-4-9-17-12-15)10-7-14-5-3-8-16-11-14/h3,5,8,11,15,17H,2,4,6-7,9-10,12-13H2,1H3. The summed E-state index contributed by atoms with van der Waals surface area (Å²) in [5.41, 5.74) is 1.35. The van der Waals surface area contributed by atoms with Crippen molar-refractivity contribution in [3.8, 4) is 0 Å². The van der Waals surface area contributed by atoms with Gasteiger partial charge in [0.1, 0.15) is 0 Å². The van der Waals surface area contributed by atoms with Gasteiger partial charge in [0.15, 0.2) is 0 Å². The highest BCUT2D eigenvalue weighted by molar-refractivity contribution is 5.08. The summed E-state index contributed by atoms with van der Waals surface area (Å²) in [4.78, 5) is 6.75. The van der Waals surface area contributed by atoms with Crippen molar-refractivity contribution in [1.29, 1.82) is 0 Å². The largest absolute Gasteiger partial charge is 0.316 e. The Labute approximate surface area is 111 Å². The maximum atomic E-state index is 4.18. The zero-order chi connectivity index (χ0) is 12.6. The molecule has 1 fully saturated rings. The number of pyridine rings is 1. The lowest BCUT2D eigenvalue weighted by Gasteiger charge is -2.29. The molecule has 0 aliphatic carbocycles. The molecular weight excluding hydrogens is 222 g/mol. The van der Waals surface area contributed by atoms with E-state index < -0.39 is 0 Å². The highest BCUT2D eigenvalue weighted by atomic mass is 15.1. The number of aromatic nitrogens is 1. The highest BCUT2D eigenvalue weighted by Gasteiger charge is 2.15. The molecule has 1 atom stereocenters. The molecule has 0 aromatic carbocycles. The van der Waals surface area contributed by atoms with Gasteiger partial charge in [0.25, 0.3) is 0 Å². The van der Waals surface area contributed by atoms with Gasteiger partial charge in [0.05, 0.1) is 0 Å². The van der Waals surface area contributed by atoms with Crippen LogP contribution in [0.25, 0.3) is 0 Å². The molecule has 2 rings (SSSR count). The number of likely N-dealkylation sites (N-methyl/N-ethyl adjacent to an activating group) is 1. The van der Waals surface area contributed by atoms with Crippen molar-refractivity contribution in [1.82, 2.24) is 15.2 Å². The number of nitrogens with one attached hydrogen (secondary N) is 1. The summed E-state index contributed by atoms with van der Waals surface area (Å²) in [5, 5.41) is 3.50. The van der Waals surface area contributed by atoms with Gasteiger partial charge in [-0.05, 0) is 56.4 Å². The van der Waals surface area contributed by atoms with E-state index in [9.17, 15) is 0 Å². The lowest BCUT2D eigenvalue weighted by Crippen LogP contribution is -2.39. The third-order valence-electron chi connectivity index (χ3n) is 3.80. The number of rotatable bonds is 6. The molecule has 0 spiro atoms. The summed E-state index contributed by atoms with van der Waals surface area (Å²) in [6, 6.07) is 4.19. The Hall–Kier alpha value is -0.930. The van der Waals surface area contributed by atoms with E-state index in [0.29, 0.717) is 0 Å². The van der Waals surface area contributed by atoms with Gasteiger partial charge in [-0.15, -0.1) is 0 Å². The second-order valence-corrected chi connectivity index (χ2v) is 5.22. The normalized spacial score (nSPS) is 20.2. The van der Waals surface area contributed by atoms with Crippen molar-refractivity contribution < 1.29 is 0 Å². The molecule has 0 radical (unpaired) electrons. The molecule has 3 nitrogen and oxygen atoms in total. The van der Waals surface area contributed by atoms with Gasteiger partial charge in [-0.3, -0.25) is 4.98 Å². The molecule has 0 saturated carbocycles. The minimum absolute atomic E-state index is 0.840. The summed E-state index contributed by atoms with van der Waals surface area (Å²) in [6.45, 7) is 8.21. The molecule has 1 aromatic rings. The van der Waals surface area contributed by atoms with Crippen LogP contribution in [-0.2, 0) is 6.42 Å². The van der Waals surface area contributed by atoms with Crippen LogP contribution in [0.4, 0.5) is 0 Å². The molecule has 1 aliphatic heterocycles. The highest BCUT2D eigenvalue weighted by Crippen LogP contribution is 2.12. The van der Waals surface area contributed by atoms with E-state index in [2.05, 4.69) is 28.2 Å². The molecule has 3 heteroatoms. The van der Waals surface area contributed by atoms with Crippen LogP contribution in [0.15, 0.2) is 24.5 Å². The van der Waals surface area contributed by atoms with Crippen molar-refractivity contribution in [3.05, 3.63) is 30.1 Å². The van der Waals surface area contributed by atoms with Gasteiger partial charge in [-0.1, -0.05) is 13.0 Å². The molecular formula is C15H25N3.